The van der Waals surface area contributed by atoms with E-state index in [-0.39, 0.29) is 11.5 Å². The first-order chi connectivity index (χ1) is 7.41. The Morgan fingerprint density at radius 1 is 1.50 bits per heavy atom. The molecule has 0 aromatic carbocycles. The highest BCUT2D eigenvalue weighted by atomic mass is 32.2. The molecule has 1 aromatic heterocycles. The fraction of sp³-hybridized carbons (Fsp3) is 0.500. The molecule has 0 saturated carbocycles. The summed E-state index contributed by atoms with van der Waals surface area (Å²) in [6, 6.07) is 0. The van der Waals surface area contributed by atoms with E-state index in [1.807, 2.05) is 0 Å². The fourth-order valence-corrected chi connectivity index (χ4v) is 2.45. The van der Waals surface area contributed by atoms with E-state index in [2.05, 4.69) is 0 Å². The minimum absolute atomic E-state index is 0.278. The molecule has 1 rings (SSSR count). The maximum atomic E-state index is 11.7. The second-order valence-corrected chi connectivity index (χ2v) is 4.32. The predicted octanol–water partition coefficient (Wildman–Crippen LogP) is 1.40. The highest BCUT2D eigenvalue weighted by Crippen LogP contribution is 2.24. The summed E-state index contributed by atoms with van der Waals surface area (Å²) in [5.74, 6) is -0.470. The smallest absolute Gasteiger partial charge is 0.355 e. The first-order valence-electron chi connectivity index (χ1n) is 4.85. The average Bonchev–Trinajstić information content (AvgIpc) is 2.38. The van der Waals surface area contributed by atoms with Crippen LogP contribution in [0, 0.1) is 13.8 Å². The molecule has 1 heterocycles. The highest BCUT2D eigenvalue weighted by molar-refractivity contribution is 7.79. The zero-order valence-corrected chi connectivity index (χ0v) is 10.6. The van der Waals surface area contributed by atoms with Gasteiger partial charge < -0.3 is 13.9 Å². The van der Waals surface area contributed by atoms with Crippen LogP contribution in [0.15, 0.2) is 4.90 Å². The third-order valence-electron chi connectivity index (χ3n) is 2.51. The molecule has 1 N–H and O–H groups in total. The Balaban J connectivity index is 3.37. The van der Waals surface area contributed by atoms with E-state index in [0.717, 1.165) is 0 Å². The number of aromatic nitrogens is 1. The minimum Gasteiger partial charge on any atom is -0.461 e. The zero-order chi connectivity index (χ0) is 12.5. The van der Waals surface area contributed by atoms with Gasteiger partial charge in [-0.1, -0.05) is 0 Å². The molecule has 5 nitrogen and oxygen atoms in total. The van der Waals surface area contributed by atoms with Gasteiger partial charge in [-0.2, -0.15) is 0 Å². The molecule has 1 aromatic rings. The molecule has 6 heteroatoms. The molecule has 1 atom stereocenters. The Bertz CT molecular complexity index is 450. The van der Waals surface area contributed by atoms with E-state index in [0.29, 0.717) is 17.0 Å². The molecular weight excluding hydrogens is 230 g/mol. The summed E-state index contributed by atoms with van der Waals surface area (Å²) >= 11 is -2.09. The van der Waals surface area contributed by atoms with E-state index in [1.165, 1.54) is 0 Å². The van der Waals surface area contributed by atoms with E-state index < -0.39 is 17.0 Å². The van der Waals surface area contributed by atoms with Crippen molar-refractivity contribution in [3.8, 4) is 0 Å². The van der Waals surface area contributed by atoms with Crippen LogP contribution in [0.1, 0.15) is 28.7 Å². The monoisotopic (exact) mass is 245 g/mol. The van der Waals surface area contributed by atoms with Crippen LogP contribution in [-0.2, 0) is 22.9 Å². The number of carbonyl (C=O) groups excluding carboxylic acids is 1. The van der Waals surface area contributed by atoms with Crippen molar-refractivity contribution >= 4 is 17.0 Å². The lowest BCUT2D eigenvalue weighted by molar-refractivity contribution is 0.0514. The highest BCUT2D eigenvalue weighted by Gasteiger charge is 2.24. The molecule has 0 bridgehead atoms. The van der Waals surface area contributed by atoms with Gasteiger partial charge in [0.15, 0.2) is 11.1 Å². The number of hydrogen-bond acceptors (Lipinski definition) is 3. The maximum Gasteiger partial charge on any atom is 0.355 e. The molecule has 0 saturated heterocycles. The fourth-order valence-electron chi connectivity index (χ4n) is 1.70. The van der Waals surface area contributed by atoms with Crippen molar-refractivity contribution in [1.29, 1.82) is 0 Å². The van der Waals surface area contributed by atoms with Gasteiger partial charge >= 0.3 is 5.97 Å². The van der Waals surface area contributed by atoms with E-state index >= 15 is 0 Å². The lowest BCUT2D eigenvalue weighted by atomic mass is 10.2. The molecule has 1 unspecified atom stereocenters. The van der Waals surface area contributed by atoms with Crippen molar-refractivity contribution in [1.82, 2.24) is 4.57 Å². The van der Waals surface area contributed by atoms with Crippen molar-refractivity contribution in [2.24, 2.45) is 7.05 Å². The van der Waals surface area contributed by atoms with Crippen LogP contribution in [0.25, 0.3) is 0 Å². The zero-order valence-electron chi connectivity index (χ0n) is 9.73. The summed E-state index contributed by atoms with van der Waals surface area (Å²) in [5, 5.41) is 0. The summed E-state index contributed by atoms with van der Waals surface area (Å²) in [6.45, 7) is 5.33. The largest absolute Gasteiger partial charge is 0.461 e. The molecule has 90 valence electrons. The number of rotatable bonds is 3. The number of nitrogens with zero attached hydrogens (tertiary/aromatic N) is 1. The van der Waals surface area contributed by atoms with Crippen molar-refractivity contribution in [3.63, 3.8) is 0 Å². The van der Waals surface area contributed by atoms with Crippen LogP contribution < -0.4 is 0 Å². The van der Waals surface area contributed by atoms with Crippen LogP contribution in [0.3, 0.4) is 0 Å². The lowest BCUT2D eigenvalue weighted by Gasteiger charge is -2.04. The van der Waals surface area contributed by atoms with Crippen LogP contribution in [0.4, 0.5) is 0 Å². The Kier molecular flexibility index (Phi) is 3.88. The standard InChI is InChI=1S/C10H15NO4S/c1-5-15-10(12)8-6(2)9(16(13)14)7(3)11(8)4/h5H2,1-4H3,(H,13,14). The Morgan fingerprint density at radius 3 is 2.44 bits per heavy atom. The number of ether oxygens (including phenoxy) is 1. The third kappa shape index (κ3) is 2.03. The van der Waals surface area contributed by atoms with Gasteiger partial charge in [-0.25, -0.2) is 9.00 Å². The molecular formula is C10H15NO4S. The van der Waals surface area contributed by atoms with Gasteiger partial charge in [0.05, 0.1) is 11.5 Å². The van der Waals surface area contributed by atoms with Crippen molar-refractivity contribution in [3.05, 3.63) is 17.0 Å². The van der Waals surface area contributed by atoms with Gasteiger partial charge in [0.25, 0.3) is 0 Å². The Labute approximate surface area is 96.7 Å². The van der Waals surface area contributed by atoms with Gasteiger partial charge in [0.2, 0.25) is 0 Å². The van der Waals surface area contributed by atoms with E-state index in [1.54, 1.807) is 32.4 Å². The van der Waals surface area contributed by atoms with Gasteiger partial charge in [0.1, 0.15) is 5.69 Å². The van der Waals surface area contributed by atoms with Gasteiger partial charge in [-0.15, -0.1) is 0 Å². The number of carbonyl (C=O) groups is 1. The predicted molar refractivity (Wildman–Crippen MR) is 59.9 cm³/mol. The number of esters is 1. The Hall–Kier alpha value is -1.14. The average molecular weight is 245 g/mol. The molecule has 16 heavy (non-hydrogen) atoms. The lowest BCUT2D eigenvalue weighted by Crippen LogP contribution is -2.11. The van der Waals surface area contributed by atoms with Crippen molar-refractivity contribution in [2.75, 3.05) is 6.61 Å². The van der Waals surface area contributed by atoms with E-state index in [9.17, 15) is 9.00 Å². The summed E-state index contributed by atoms with van der Waals surface area (Å²) in [6.07, 6.45) is 0. The Morgan fingerprint density at radius 2 is 2.06 bits per heavy atom. The molecule has 0 aliphatic heterocycles. The van der Waals surface area contributed by atoms with Crippen molar-refractivity contribution in [2.45, 2.75) is 25.7 Å². The molecule has 0 radical (unpaired) electrons. The summed E-state index contributed by atoms with van der Waals surface area (Å²) < 4.78 is 26.8. The summed E-state index contributed by atoms with van der Waals surface area (Å²) in [5.41, 5.74) is 1.43. The van der Waals surface area contributed by atoms with Gasteiger partial charge in [-0.05, 0) is 20.8 Å². The van der Waals surface area contributed by atoms with Crippen LogP contribution in [-0.4, -0.2) is 25.9 Å². The number of hydrogen-bond donors (Lipinski definition) is 1. The van der Waals surface area contributed by atoms with Crippen LogP contribution >= 0.6 is 0 Å². The molecule has 0 aliphatic carbocycles. The van der Waals surface area contributed by atoms with Crippen LogP contribution in [0.5, 0.6) is 0 Å². The molecule has 0 spiro atoms. The van der Waals surface area contributed by atoms with E-state index in [4.69, 9.17) is 9.29 Å². The van der Waals surface area contributed by atoms with Crippen LogP contribution in [0.2, 0.25) is 0 Å². The second-order valence-electron chi connectivity index (χ2n) is 3.42. The minimum atomic E-state index is -2.09. The second kappa shape index (κ2) is 4.80. The summed E-state index contributed by atoms with van der Waals surface area (Å²) in [7, 11) is 1.67. The molecule has 0 aliphatic rings. The van der Waals surface area contributed by atoms with Crippen molar-refractivity contribution < 1.29 is 18.3 Å². The topological polar surface area (TPSA) is 68.5 Å². The molecule has 0 amide bonds. The maximum absolute atomic E-state index is 11.7. The van der Waals surface area contributed by atoms with Gasteiger partial charge in [-0.3, -0.25) is 0 Å². The normalized spacial score (nSPS) is 12.6. The summed E-state index contributed by atoms with van der Waals surface area (Å²) in [4.78, 5) is 11.9. The first-order valence-corrected chi connectivity index (χ1v) is 5.96. The SMILES string of the molecule is CCOC(=O)c1c(C)c(S(=O)O)c(C)n1C. The molecule has 0 fully saturated rings. The first kappa shape index (κ1) is 12.9. The quantitative estimate of drug-likeness (QED) is 0.645. The third-order valence-corrected chi connectivity index (χ3v) is 3.46. The van der Waals surface area contributed by atoms with Gasteiger partial charge in [0, 0.05) is 18.3 Å².